The highest BCUT2D eigenvalue weighted by atomic mass is 16.5. The normalized spacial score (nSPS) is 16.3. The maximum absolute atomic E-state index is 12.8. The number of para-hydroxylation sites is 2. The third kappa shape index (κ3) is 3.93. The fourth-order valence-electron chi connectivity index (χ4n) is 3.59. The molecule has 7 heteroatoms. The van der Waals surface area contributed by atoms with Crippen LogP contribution in [0.25, 0.3) is 0 Å². The number of aromatic nitrogens is 2. The largest absolute Gasteiger partial charge is 0.495 e. The van der Waals surface area contributed by atoms with E-state index in [0.717, 1.165) is 54.7 Å². The molecule has 0 radical (unpaired) electrons. The molecule has 0 spiro atoms. The molecular formula is C20H29N5O2. The van der Waals surface area contributed by atoms with E-state index in [0.29, 0.717) is 0 Å². The number of nitrogens with zero attached hydrogens (tertiary/aromatic N) is 4. The Kier molecular flexibility index (Phi) is 5.70. The van der Waals surface area contributed by atoms with Crippen molar-refractivity contribution in [2.75, 3.05) is 43.5 Å². The number of hydrogen-bond acceptors (Lipinski definition) is 5. The first-order valence-corrected chi connectivity index (χ1v) is 9.35. The number of methoxy groups -OCH3 is 1. The van der Waals surface area contributed by atoms with Crippen molar-refractivity contribution in [1.82, 2.24) is 14.7 Å². The molecule has 1 fully saturated rings. The summed E-state index contributed by atoms with van der Waals surface area (Å²) in [6.07, 6.45) is 0. The van der Waals surface area contributed by atoms with Gasteiger partial charge in [0.25, 0.3) is 0 Å². The summed E-state index contributed by atoms with van der Waals surface area (Å²) in [5, 5.41) is 7.43. The molecule has 146 valence electrons. The van der Waals surface area contributed by atoms with Crippen LogP contribution >= 0.6 is 0 Å². The zero-order chi connectivity index (χ0) is 19.6. The van der Waals surface area contributed by atoms with Gasteiger partial charge in [-0.2, -0.15) is 5.10 Å². The van der Waals surface area contributed by atoms with E-state index in [1.165, 1.54) is 0 Å². The summed E-state index contributed by atoms with van der Waals surface area (Å²) in [7, 11) is 3.59. The Labute approximate surface area is 160 Å². The van der Waals surface area contributed by atoms with Gasteiger partial charge in [0.1, 0.15) is 5.75 Å². The van der Waals surface area contributed by atoms with E-state index < -0.39 is 0 Å². The van der Waals surface area contributed by atoms with Gasteiger partial charge in [0.2, 0.25) is 5.91 Å². The summed E-state index contributed by atoms with van der Waals surface area (Å²) in [6, 6.07) is 7.88. The minimum absolute atomic E-state index is 0.0138. The Balaban J connectivity index is 1.61. The Morgan fingerprint density at radius 1 is 1.19 bits per heavy atom. The first-order chi connectivity index (χ1) is 12.9. The minimum atomic E-state index is -0.191. The number of rotatable bonds is 5. The lowest BCUT2D eigenvalue weighted by Crippen LogP contribution is -2.53. The Bertz CT molecular complexity index is 809. The van der Waals surface area contributed by atoms with Gasteiger partial charge < -0.3 is 15.0 Å². The molecule has 1 aliphatic rings. The van der Waals surface area contributed by atoms with E-state index in [2.05, 4.69) is 26.3 Å². The molecular weight excluding hydrogens is 342 g/mol. The smallest absolute Gasteiger partial charge is 0.241 e. The Hall–Kier alpha value is -2.54. The molecule has 0 bridgehead atoms. The van der Waals surface area contributed by atoms with Crippen LogP contribution in [0.4, 0.5) is 11.4 Å². The van der Waals surface area contributed by atoms with Crippen molar-refractivity contribution in [3.05, 3.63) is 35.7 Å². The highest BCUT2D eigenvalue weighted by Crippen LogP contribution is 2.28. The second-order valence-corrected chi connectivity index (χ2v) is 7.03. The molecule has 1 aliphatic heterocycles. The number of piperazine rings is 1. The summed E-state index contributed by atoms with van der Waals surface area (Å²) >= 11 is 0. The summed E-state index contributed by atoms with van der Waals surface area (Å²) < 4.78 is 7.27. The number of carbonyl (C=O) groups is 1. The molecule has 2 heterocycles. The predicted molar refractivity (Wildman–Crippen MR) is 108 cm³/mol. The highest BCUT2D eigenvalue weighted by molar-refractivity contribution is 5.95. The summed E-state index contributed by atoms with van der Waals surface area (Å²) in [5.74, 6) is 0.902. The molecule has 0 saturated carbocycles. The SMILES string of the molecule is COc1ccccc1N1CCN([C@H](C)C(=O)Nc2c(C)nn(C)c2C)CC1. The highest BCUT2D eigenvalue weighted by Gasteiger charge is 2.27. The molecule has 3 rings (SSSR count). The average Bonchev–Trinajstić information content (AvgIpc) is 2.93. The number of carbonyl (C=O) groups excluding carboxylic acids is 1. The van der Waals surface area contributed by atoms with Crippen molar-refractivity contribution >= 4 is 17.3 Å². The van der Waals surface area contributed by atoms with Crippen molar-refractivity contribution < 1.29 is 9.53 Å². The zero-order valence-electron chi connectivity index (χ0n) is 16.8. The van der Waals surface area contributed by atoms with Gasteiger partial charge in [-0.05, 0) is 32.9 Å². The van der Waals surface area contributed by atoms with Gasteiger partial charge in [0.15, 0.2) is 0 Å². The van der Waals surface area contributed by atoms with Gasteiger partial charge in [-0.3, -0.25) is 14.4 Å². The molecule has 0 unspecified atom stereocenters. The van der Waals surface area contributed by atoms with Crippen LogP contribution in [-0.4, -0.2) is 59.9 Å². The Morgan fingerprint density at radius 2 is 1.85 bits per heavy atom. The quantitative estimate of drug-likeness (QED) is 0.873. The van der Waals surface area contributed by atoms with E-state index in [1.807, 2.05) is 46.0 Å². The topological polar surface area (TPSA) is 62.6 Å². The molecule has 7 nitrogen and oxygen atoms in total. The number of hydrogen-bond donors (Lipinski definition) is 1. The fourth-order valence-corrected chi connectivity index (χ4v) is 3.59. The van der Waals surface area contributed by atoms with Gasteiger partial charge in [0.05, 0.1) is 35.9 Å². The molecule has 1 saturated heterocycles. The van der Waals surface area contributed by atoms with E-state index >= 15 is 0 Å². The van der Waals surface area contributed by atoms with Crippen LogP contribution in [0.5, 0.6) is 5.75 Å². The monoisotopic (exact) mass is 371 g/mol. The first kappa shape index (κ1) is 19.2. The van der Waals surface area contributed by atoms with Gasteiger partial charge in [-0.1, -0.05) is 12.1 Å². The van der Waals surface area contributed by atoms with E-state index in [9.17, 15) is 4.79 Å². The van der Waals surface area contributed by atoms with Crippen LogP contribution in [0.3, 0.4) is 0 Å². The summed E-state index contributed by atoms with van der Waals surface area (Å²) in [5.41, 5.74) is 3.74. The number of ether oxygens (including phenoxy) is 1. The second kappa shape index (κ2) is 8.00. The van der Waals surface area contributed by atoms with E-state index in [-0.39, 0.29) is 11.9 Å². The van der Waals surface area contributed by atoms with Crippen LogP contribution in [0, 0.1) is 13.8 Å². The molecule has 1 atom stereocenters. The standard InChI is InChI=1S/C20H29N5O2/c1-14-19(15(2)23(4)22-14)21-20(26)16(3)24-10-12-25(13-11-24)17-8-6-7-9-18(17)27-5/h6-9,16H,10-13H2,1-5H3,(H,21,26)/t16-/m1/s1. The summed E-state index contributed by atoms with van der Waals surface area (Å²) in [6.45, 7) is 9.24. The first-order valence-electron chi connectivity index (χ1n) is 9.35. The third-order valence-corrected chi connectivity index (χ3v) is 5.42. The molecule has 1 N–H and O–H groups in total. The van der Waals surface area contributed by atoms with Crippen LogP contribution in [0.1, 0.15) is 18.3 Å². The number of amides is 1. The van der Waals surface area contributed by atoms with E-state index in [1.54, 1.807) is 11.8 Å². The molecule has 2 aromatic rings. The van der Waals surface area contributed by atoms with E-state index in [4.69, 9.17) is 4.74 Å². The van der Waals surface area contributed by atoms with Crippen LogP contribution in [0.15, 0.2) is 24.3 Å². The maximum Gasteiger partial charge on any atom is 0.241 e. The van der Waals surface area contributed by atoms with Gasteiger partial charge in [0, 0.05) is 33.2 Å². The van der Waals surface area contributed by atoms with Crippen molar-refractivity contribution in [3.8, 4) is 5.75 Å². The maximum atomic E-state index is 12.8. The zero-order valence-corrected chi connectivity index (χ0v) is 16.8. The van der Waals surface area contributed by atoms with Crippen LogP contribution < -0.4 is 15.0 Å². The number of anilines is 2. The Morgan fingerprint density at radius 3 is 2.44 bits per heavy atom. The molecule has 27 heavy (non-hydrogen) atoms. The number of benzene rings is 1. The van der Waals surface area contributed by atoms with Crippen LogP contribution in [0.2, 0.25) is 0 Å². The fraction of sp³-hybridized carbons (Fsp3) is 0.500. The van der Waals surface area contributed by atoms with Crippen LogP contribution in [-0.2, 0) is 11.8 Å². The van der Waals surface area contributed by atoms with Gasteiger partial charge in [-0.25, -0.2) is 0 Å². The lowest BCUT2D eigenvalue weighted by molar-refractivity contribution is -0.120. The van der Waals surface area contributed by atoms with Crippen molar-refractivity contribution in [3.63, 3.8) is 0 Å². The summed E-state index contributed by atoms with van der Waals surface area (Å²) in [4.78, 5) is 17.3. The van der Waals surface area contributed by atoms with Gasteiger partial charge >= 0.3 is 0 Å². The lowest BCUT2D eigenvalue weighted by Gasteiger charge is -2.38. The number of nitrogens with one attached hydrogen (secondary N) is 1. The van der Waals surface area contributed by atoms with Crippen molar-refractivity contribution in [1.29, 1.82) is 0 Å². The molecule has 1 amide bonds. The third-order valence-electron chi connectivity index (χ3n) is 5.42. The molecule has 0 aliphatic carbocycles. The molecule has 1 aromatic heterocycles. The molecule has 1 aromatic carbocycles. The van der Waals surface area contributed by atoms with Gasteiger partial charge in [-0.15, -0.1) is 0 Å². The average molecular weight is 371 g/mol. The van der Waals surface area contributed by atoms with Crippen molar-refractivity contribution in [2.24, 2.45) is 7.05 Å². The second-order valence-electron chi connectivity index (χ2n) is 7.03. The lowest BCUT2D eigenvalue weighted by atomic mass is 10.2. The minimum Gasteiger partial charge on any atom is -0.495 e. The van der Waals surface area contributed by atoms with Crippen molar-refractivity contribution in [2.45, 2.75) is 26.8 Å². The number of aryl methyl sites for hydroxylation is 2. The predicted octanol–water partition coefficient (Wildman–Crippen LogP) is 2.19.